The van der Waals surface area contributed by atoms with Crippen LogP contribution in [-0.2, 0) is 6.61 Å². The van der Waals surface area contributed by atoms with Crippen LogP contribution in [0.25, 0.3) is 22.3 Å². The lowest BCUT2D eigenvalue weighted by atomic mass is 9.98. The summed E-state index contributed by atoms with van der Waals surface area (Å²) in [6, 6.07) is 18.4. The second-order valence-electron chi connectivity index (χ2n) is 6.84. The van der Waals surface area contributed by atoms with Crippen LogP contribution in [0.1, 0.15) is 5.56 Å². The average Bonchev–Trinajstić information content (AvgIpc) is 2.76. The first-order valence-electron chi connectivity index (χ1n) is 9.33. The molecule has 0 aromatic heterocycles. The molecule has 0 fully saturated rings. The van der Waals surface area contributed by atoms with Gasteiger partial charge in [0.25, 0.3) is 0 Å². The summed E-state index contributed by atoms with van der Waals surface area (Å²) < 4.78 is 75.1. The molecule has 0 saturated heterocycles. The van der Waals surface area contributed by atoms with Gasteiger partial charge in [-0.15, -0.1) is 0 Å². The van der Waals surface area contributed by atoms with E-state index in [1.54, 1.807) is 6.07 Å². The van der Waals surface area contributed by atoms with Crippen LogP contribution in [0.2, 0.25) is 0 Å². The Hall–Kier alpha value is -3.67. The zero-order chi connectivity index (χ0) is 22.0. The summed E-state index contributed by atoms with van der Waals surface area (Å²) in [7, 11) is 0. The zero-order valence-corrected chi connectivity index (χ0v) is 16.0. The molecule has 0 aliphatic carbocycles. The van der Waals surface area contributed by atoms with Gasteiger partial charge in [0, 0.05) is 11.6 Å². The number of hydrogen-bond donors (Lipinski definition) is 0. The minimum atomic E-state index is -1.14. The Balaban J connectivity index is 1.59. The Labute approximate surface area is 175 Å². The lowest BCUT2D eigenvalue weighted by molar-refractivity contribution is 0.290. The molecule has 4 aromatic carbocycles. The van der Waals surface area contributed by atoms with Crippen molar-refractivity contribution in [2.45, 2.75) is 6.61 Å². The molecule has 0 amide bonds. The third-order valence-electron chi connectivity index (χ3n) is 4.80. The Morgan fingerprint density at radius 3 is 1.84 bits per heavy atom. The van der Waals surface area contributed by atoms with Crippen molar-refractivity contribution in [1.82, 2.24) is 0 Å². The highest BCUT2D eigenvalue weighted by Gasteiger charge is 2.16. The van der Waals surface area contributed by atoms with Crippen LogP contribution in [0.4, 0.5) is 22.0 Å². The smallest absolute Gasteiger partial charge is 0.162 e. The minimum absolute atomic E-state index is 0.0312. The van der Waals surface area contributed by atoms with Crippen molar-refractivity contribution in [3.05, 3.63) is 114 Å². The zero-order valence-electron chi connectivity index (χ0n) is 16.0. The van der Waals surface area contributed by atoms with Crippen molar-refractivity contribution in [3.8, 4) is 28.0 Å². The molecule has 0 spiro atoms. The third kappa shape index (κ3) is 4.43. The predicted octanol–water partition coefficient (Wildman–Crippen LogP) is 7.30. The number of ether oxygens (including phenoxy) is 1. The second-order valence-corrected chi connectivity index (χ2v) is 6.84. The van der Waals surface area contributed by atoms with E-state index in [1.165, 1.54) is 12.1 Å². The summed E-state index contributed by atoms with van der Waals surface area (Å²) in [5.41, 5.74) is 1.12. The molecule has 0 atom stereocenters. The van der Waals surface area contributed by atoms with Gasteiger partial charge in [0.15, 0.2) is 11.6 Å². The fourth-order valence-corrected chi connectivity index (χ4v) is 3.18. The Morgan fingerprint density at radius 2 is 1.19 bits per heavy atom. The number of hydrogen-bond acceptors (Lipinski definition) is 1. The molecule has 0 unspecified atom stereocenters. The first kappa shape index (κ1) is 20.6. The largest absolute Gasteiger partial charge is 0.489 e. The van der Waals surface area contributed by atoms with Gasteiger partial charge in [-0.1, -0.05) is 42.5 Å². The van der Waals surface area contributed by atoms with Gasteiger partial charge < -0.3 is 4.74 Å². The molecule has 1 nitrogen and oxygen atoms in total. The molecule has 156 valence electrons. The van der Waals surface area contributed by atoms with E-state index >= 15 is 0 Å². The molecule has 0 saturated carbocycles. The molecule has 0 N–H and O–H groups in total. The molecule has 4 aromatic rings. The van der Waals surface area contributed by atoms with Crippen LogP contribution < -0.4 is 4.74 Å². The van der Waals surface area contributed by atoms with Crippen LogP contribution in [0, 0.1) is 29.1 Å². The Bertz CT molecular complexity index is 1220. The van der Waals surface area contributed by atoms with Crippen LogP contribution in [0.15, 0.2) is 78.9 Å². The normalized spacial score (nSPS) is 10.9. The third-order valence-corrected chi connectivity index (χ3v) is 4.80. The summed E-state index contributed by atoms with van der Waals surface area (Å²) in [5.74, 6) is -4.78. The van der Waals surface area contributed by atoms with E-state index in [2.05, 4.69) is 0 Å². The standard InChI is InChI=1S/C25H15F5O/c26-21-9-7-18(13-25(21)30)31-14-20-23(28)11-17(12-24(20)29)19-8-6-16(10-22(19)27)15-4-2-1-3-5-15/h1-13H,14H2. The molecule has 31 heavy (non-hydrogen) atoms. The fourth-order valence-electron chi connectivity index (χ4n) is 3.18. The van der Waals surface area contributed by atoms with Gasteiger partial charge >= 0.3 is 0 Å². The highest BCUT2D eigenvalue weighted by atomic mass is 19.2. The topological polar surface area (TPSA) is 9.23 Å². The Kier molecular flexibility index (Phi) is 5.71. The quantitative estimate of drug-likeness (QED) is 0.304. The molecule has 0 radical (unpaired) electrons. The molecular weight excluding hydrogens is 411 g/mol. The van der Waals surface area contributed by atoms with E-state index in [1.807, 2.05) is 30.3 Å². The van der Waals surface area contributed by atoms with Gasteiger partial charge in [0.2, 0.25) is 0 Å². The van der Waals surface area contributed by atoms with Crippen LogP contribution in [0.3, 0.4) is 0 Å². The van der Waals surface area contributed by atoms with Gasteiger partial charge in [-0.2, -0.15) is 0 Å². The van der Waals surface area contributed by atoms with Crippen LogP contribution in [0.5, 0.6) is 5.75 Å². The maximum Gasteiger partial charge on any atom is 0.162 e. The highest BCUT2D eigenvalue weighted by Crippen LogP contribution is 2.30. The maximum atomic E-state index is 14.7. The fraction of sp³-hybridized carbons (Fsp3) is 0.0400. The van der Waals surface area contributed by atoms with Gasteiger partial charge in [-0.25, -0.2) is 22.0 Å². The van der Waals surface area contributed by atoms with E-state index in [0.717, 1.165) is 35.9 Å². The lowest BCUT2D eigenvalue weighted by Crippen LogP contribution is -2.03. The van der Waals surface area contributed by atoms with Crippen LogP contribution in [-0.4, -0.2) is 0 Å². The maximum absolute atomic E-state index is 14.7. The second kappa shape index (κ2) is 8.60. The summed E-state index contributed by atoms with van der Waals surface area (Å²) in [6.45, 7) is -0.543. The summed E-state index contributed by atoms with van der Waals surface area (Å²) in [6.07, 6.45) is 0. The average molecular weight is 426 g/mol. The van der Waals surface area contributed by atoms with Crippen molar-refractivity contribution in [2.24, 2.45) is 0 Å². The molecular formula is C25H15F5O. The van der Waals surface area contributed by atoms with E-state index < -0.39 is 41.3 Å². The van der Waals surface area contributed by atoms with Crippen molar-refractivity contribution in [2.75, 3.05) is 0 Å². The van der Waals surface area contributed by atoms with E-state index in [-0.39, 0.29) is 16.9 Å². The molecule has 6 heteroatoms. The van der Waals surface area contributed by atoms with E-state index in [0.29, 0.717) is 5.56 Å². The minimum Gasteiger partial charge on any atom is -0.489 e. The highest BCUT2D eigenvalue weighted by molar-refractivity contribution is 5.71. The molecule has 0 aliphatic heterocycles. The van der Waals surface area contributed by atoms with Crippen molar-refractivity contribution >= 4 is 0 Å². The molecule has 4 rings (SSSR count). The van der Waals surface area contributed by atoms with Gasteiger partial charge in [0.1, 0.15) is 29.8 Å². The summed E-state index contributed by atoms with van der Waals surface area (Å²) >= 11 is 0. The Morgan fingerprint density at radius 1 is 0.516 bits per heavy atom. The predicted molar refractivity (Wildman–Crippen MR) is 108 cm³/mol. The van der Waals surface area contributed by atoms with E-state index in [9.17, 15) is 22.0 Å². The van der Waals surface area contributed by atoms with Crippen LogP contribution >= 0.6 is 0 Å². The van der Waals surface area contributed by atoms with Gasteiger partial charge in [-0.3, -0.25) is 0 Å². The first-order chi connectivity index (χ1) is 14.9. The van der Waals surface area contributed by atoms with Crippen molar-refractivity contribution < 1.29 is 26.7 Å². The summed E-state index contributed by atoms with van der Waals surface area (Å²) in [4.78, 5) is 0. The van der Waals surface area contributed by atoms with Gasteiger partial charge in [-0.05, 0) is 47.0 Å². The lowest BCUT2D eigenvalue weighted by Gasteiger charge is -2.12. The first-order valence-corrected chi connectivity index (χ1v) is 9.33. The monoisotopic (exact) mass is 426 g/mol. The molecule has 0 heterocycles. The van der Waals surface area contributed by atoms with Crippen molar-refractivity contribution in [1.29, 1.82) is 0 Å². The number of rotatable bonds is 5. The van der Waals surface area contributed by atoms with Gasteiger partial charge in [0.05, 0.1) is 5.56 Å². The summed E-state index contributed by atoms with van der Waals surface area (Å²) in [5, 5.41) is 0. The van der Waals surface area contributed by atoms with E-state index in [4.69, 9.17) is 4.74 Å². The number of halogens is 5. The van der Waals surface area contributed by atoms with Crippen molar-refractivity contribution in [3.63, 3.8) is 0 Å². The molecule has 0 bridgehead atoms. The number of benzene rings is 4. The molecule has 0 aliphatic rings. The SMILES string of the molecule is Fc1ccc(OCc2c(F)cc(-c3ccc(-c4ccccc4)cc3F)cc2F)cc1F.